The summed E-state index contributed by atoms with van der Waals surface area (Å²) in [5.74, 6) is 0.299. The lowest BCUT2D eigenvalue weighted by Crippen LogP contribution is -2.19. The van der Waals surface area contributed by atoms with Gasteiger partial charge in [0.15, 0.2) is 5.78 Å². The first kappa shape index (κ1) is 20.1. The molecule has 0 atom stereocenters. The first-order chi connectivity index (χ1) is 14.6. The van der Waals surface area contributed by atoms with E-state index in [1.54, 1.807) is 36.0 Å². The zero-order valence-corrected chi connectivity index (χ0v) is 16.6. The van der Waals surface area contributed by atoms with Crippen molar-refractivity contribution in [3.8, 4) is 17.1 Å². The number of carbonyl (C=O) groups excluding carboxylic acids is 1. The molecule has 1 fully saturated rings. The molecule has 1 saturated heterocycles. The third kappa shape index (κ3) is 4.68. The number of aryl methyl sites for hydroxylation is 1. The summed E-state index contributed by atoms with van der Waals surface area (Å²) in [7, 11) is 1.75. The minimum absolute atomic E-state index is 0.0182. The number of ether oxygens (including phenoxy) is 2. The van der Waals surface area contributed by atoms with E-state index in [1.807, 2.05) is 0 Å². The zero-order valence-electron chi connectivity index (χ0n) is 16.6. The van der Waals surface area contributed by atoms with Gasteiger partial charge in [-0.2, -0.15) is 0 Å². The molecule has 0 saturated carbocycles. The standard InChI is InChI=1S/C21H22FN5O3/c1-27-18(21(25-26-27)15-2-4-16(22)5-3-15)13-30-20-7-6-17(23-24-20)19(28)12-14-8-10-29-11-9-14/h2-7,14H,8-13H2,1H3. The summed E-state index contributed by atoms with van der Waals surface area (Å²) in [4.78, 5) is 12.4. The summed E-state index contributed by atoms with van der Waals surface area (Å²) in [5.41, 5.74) is 2.39. The average Bonchev–Trinajstić information content (AvgIpc) is 3.14. The highest BCUT2D eigenvalue weighted by Crippen LogP contribution is 2.23. The summed E-state index contributed by atoms with van der Waals surface area (Å²) in [6, 6.07) is 9.29. The van der Waals surface area contributed by atoms with E-state index < -0.39 is 0 Å². The van der Waals surface area contributed by atoms with E-state index in [-0.39, 0.29) is 18.2 Å². The number of aromatic nitrogens is 5. The van der Waals surface area contributed by atoms with Crippen LogP contribution in [0, 0.1) is 11.7 Å². The van der Waals surface area contributed by atoms with Gasteiger partial charge in [0.25, 0.3) is 0 Å². The highest BCUT2D eigenvalue weighted by molar-refractivity contribution is 5.94. The van der Waals surface area contributed by atoms with Gasteiger partial charge >= 0.3 is 0 Å². The van der Waals surface area contributed by atoms with Gasteiger partial charge in [-0.15, -0.1) is 15.3 Å². The molecule has 3 aromatic rings. The van der Waals surface area contributed by atoms with E-state index in [4.69, 9.17) is 9.47 Å². The number of ketones is 1. The molecular formula is C21H22FN5O3. The first-order valence-electron chi connectivity index (χ1n) is 9.82. The molecule has 156 valence electrons. The van der Waals surface area contributed by atoms with Crippen LogP contribution < -0.4 is 4.74 Å². The average molecular weight is 411 g/mol. The van der Waals surface area contributed by atoms with Gasteiger partial charge in [-0.1, -0.05) is 5.21 Å². The van der Waals surface area contributed by atoms with Crippen LogP contribution in [0.5, 0.6) is 5.88 Å². The minimum atomic E-state index is -0.317. The summed E-state index contributed by atoms with van der Waals surface area (Å²) in [6.45, 7) is 1.57. The van der Waals surface area contributed by atoms with Crippen molar-refractivity contribution in [1.82, 2.24) is 25.2 Å². The van der Waals surface area contributed by atoms with Crippen LogP contribution in [-0.4, -0.2) is 44.2 Å². The summed E-state index contributed by atoms with van der Waals surface area (Å²) in [6.07, 6.45) is 2.25. The van der Waals surface area contributed by atoms with Crippen LogP contribution >= 0.6 is 0 Å². The van der Waals surface area contributed by atoms with Gasteiger partial charge in [0, 0.05) is 38.3 Å². The number of carbonyl (C=O) groups is 1. The molecule has 9 heteroatoms. The van der Waals surface area contributed by atoms with Gasteiger partial charge in [-0.25, -0.2) is 9.07 Å². The van der Waals surface area contributed by atoms with Crippen LogP contribution in [0.4, 0.5) is 4.39 Å². The van der Waals surface area contributed by atoms with Gasteiger partial charge in [-0.05, 0) is 49.1 Å². The maximum absolute atomic E-state index is 13.2. The van der Waals surface area contributed by atoms with Crippen LogP contribution in [0.15, 0.2) is 36.4 Å². The first-order valence-corrected chi connectivity index (χ1v) is 9.82. The number of benzene rings is 1. The van der Waals surface area contributed by atoms with Crippen molar-refractivity contribution in [2.24, 2.45) is 13.0 Å². The van der Waals surface area contributed by atoms with Crippen LogP contribution in [-0.2, 0) is 18.4 Å². The molecule has 0 unspecified atom stereocenters. The van der Waals surface area contributed by atoms with Gasteiger partial charge in [-0.3, -0.25) is 4.79 Å². The third-order valence-electron chi connectivity index (χ3n) is 5.16. The van der Waals surface area contributed by atoms with Crippen molar-refractivity contribution < 1.29 is 18.7 Å². The molecule has 0 bridgehead atoms. The van der Waals surface area contributed by atoms with Gasteiger partial charge in [0.1, 0.15) is 29.5 Å². The van der Waals surface area contributed by atoms with Crippen LogP contribution in [0.1, 0.15) is 35.4 Å². The number of nitrogens with zero attached hydrogens (tertiary/aromatic N) is 5. The Kier molecular flexibility index (Phi) is 6.08. The van der Waals surface area contributed by atoms with E-state index in [2.05, 4.69) is 20.5 Å². The van der Waals surface area contributed by atoms with E-state index in [0.29, 0.717) is 48.5 Å². The molecule has 0 radical (unpaired) electrons. The summed E-state index contributed by atoms with van der Waals surface area (Å²) < 4.78 is 25.8. The highest BCUT2D eigenvalue weighted by Gasteiger charge is 2.20. The second kappa shape index (κ2) is 9.08. The Balaban J connectivity index is 1.39. The number of halogens is 1. The normalized spacial score (nSPS) is 14.6. The molecule has 1 aromatic carbocycles. The van der Waals surface area contributed by atoms with E-state index in [0.717, 1.165) is 18.4 Å². The largest absolute Gasteiger partial charge is 0.470 e. The SMILES string of the molecule is Cn1nnc(-c2ccc(F)cc2)c1COc1ccc(C(=O)CC2CCOCC2)nn1. The van der Waals surface area contributed by atoms with Crippen molar-refractivity contribution in [2.45, 2.75) is 25.9 Å². The molecule has 0 aliphatic carbocycles. The Labute approximate surface area is 173 Å². The Hall–Kier alpha value is -3.20. The Bertz CT molecular complexity index is 998. The Morgan fingerprint density at radius 1 is 1.13 bits per heavy atom. The van der Waals surface area contributed by atoms with Gasteiger partial charge < -0.3 is 9.47 Å². The van der Waals surface area contributed by atoms with Crippen molar-refractivity contribution in [2.75, 3.05) is 13.2 Å². The fourth-order valence-electron chi connectivity index (χ4n) is 3.38. The van der Waals surface area contributed by atoms with E-state index in [1.165, 1.54) is 12.1 Å². The molecule has 3 heterocycles. The van der Waals surface area contributed by atoms with Crippen LogP contribution in [0.25, 0.3) is 11.3 Å². The molecule has 8 nitrogen and oxygen atoms in total. The molecule has 4 rings (SSSR count). The Morgan fingerprint density at radius 3 is 2.60 bits per heavy atom. The number of hydrogen-bond acceptors (Lipinski definition) is 7. The highest BCUT2D eigenvalue weighted by atomic mass is 19.1. The second-order valence-corrected chi connectivity index (χ2v) is 7.24. The lowest BCUT2D eigenvalue weighted by Gasteiger charge is -2.20. The fraction of sp³-hybridized carbons (Fsp3) is 0.381. The maximum atomic E-state index is 13.2. The molecule has 0 spiro atoms. The minimum Gasteiger partial charge on any atom is -0.470 e. The Morgan fingerprint density at radius 2 is 1.90 bits per heavy atom. The quantitative estimate of drug-likeness (QED) is 0.552. The van der Waals surface area contributed by atoms with Crippen molar-refractivity contribution in [3.05, 3.63) is 53.6 Å². The zero-order chi connectivity index (χ0) is 20.9. The number of rotatable bonds is 7. The van der Waals surface area contributed by atoms with Gasteiger partial charge in [0.05, 0.1) is 0 Å². The molecule has 0 amide bonds. The van der Waals surface area contributed by atoms with Crippen LogP contribution in [0.3, 0.4) is 0 Å². The molecule has 1 aliphatic rings. The van der Waals surface area contributed by atoms with Crippen molar-refractivity contribution >= 4 is 5.78 Å². The van der Waals surface area contributed by atoms with E-state index in [9.17, 15) is 9.18 Å². The lowest BCUT2D eigenvalue weighted by atomic mass is 9.93. The molecule has 0 N–H and O–H groups in total. The molecule has 1 aliphatic heterocycles. The summed E-state index contributed by atoms with van der Waals surface area (Å²) in [5, 5.41) is 16.2. The predicted molar refractivity (Wildman–Crippen MR) is 105 cm³/mol. The topological polar surface area (TPSA) is 92.0 Å². The number of hydrogen-bond donors (Lipinski definition) is 0. The second-order valence-electron chi connectivity index (χ2n) is 7.24. The molecule has 30 heavy (non-hydrogen) atoms. The molecule has 2 aromatic heterocycles. The van der Waals surface area contributed by atoms with Crippen molar-refractivity contribution in [1.29, 1.82) is 0 Å². The maximum Gasteiger partial charge on any atom is 0.233 e. The van der Waals surface area contributed by atoms with Crippen LogP contribution in [0.2, 0.25) is 0 Å². The molecular weight excluding hydrogens is 389 g/mol. The van der Waals surface area contributed by atoms with E-state index >= 15 is 0 Å². The lowest BCUT2D eigenvalue weighted by molar-refractivity contribution is 0.0599. The number of Topliss-reactive ketones (excluding diaryl/α,β-unsaturated/α-hetero) is 1. The third-order valence-corrected chi connectivity index (χ3v) is 5.16. The fourth-order valence-corrected chi connectivity index (χ4v) is 3.38. The smallest absolute Gasteiger partial charge is 0.233 e. The predicted octanol–water partition coefficient (Wildman–Crippen LogP) is 2.99. The monoisotopic (exact) mass is 411 g/mol. The summed E-state index contributed by atoms with van der Waals surface area (Å²) >= 11 is 0. The van der Waals surface area contributed by atoms with Gasteiger partial charge in [0.2, 0.25) is 5.88 Å². The van der Waals surface area contributed by atoms with Crippen molar-refractivity contribution in [3.63, 3.8) is 0 Å².